The van der Waals surface area contributed by atoms with Crippen molar-refractivity contribution in [2.45, 2.75) is 6.92 Å². The maximum absolute atomic E-state index is 12.0. The Morgan fingerprint density at radius 2 is 2.11 bits per heavy atom. The molecular weight excluding hydrogens is 316 g/mol. The van der Waals surface area contributed by atoms with Crippen LogP contribution in [0.3, 0.4) is 0 Å². The standard InChI is InChI=1S/C13H10BrClN2O/c1-8-4-2-6-10(11(8)14)17-13(18)9-5-3-7-16-12(9)15/h2-7H,1H3,(H,17,18). The van der Waals surface area contributed by atoms with Gasteiger partial charge in [-0.1, -0.05) is 23.7 Å². The number of amides is 1. The average Bonchev–Trinajstić information content (AvgIpc) is 2.35. The summed E-state index contributed by atoms with van der Waals surface area (Å²) < 4.78 is 0.860. The molecule has 1 N–H and O–H groups in total. The van der Waals surface area contributed by atoms with E-state index >= 15 is 0 Å². The van der Waals surface area contributed by atoms with Crippen LogP contribution < -0.4 is 5.32 Å². The lowest BCUT2D eigenvalue weighted by Gasteiger charge is -2.09. The number of halogens is 2. The van der Waals surface area contributed by atoms with Gasteiger partial charge in [-0.05, 0) is 46.6 Å². The van der Waals surface area contributed by atoms with E-state index < -0.39 is 0 Å². The zero-order valence-corrected chi connectivity index (χ0v) is 11.9. The molecule has 0 unspecified atom stereocenters. The number of rotatable bonds is 2. The van der Waals surface area contributed by atoms with Gasteiger partial charge in [0.1, 0.15) is 5.15 Å². The first-order valence-electron chi connectivity index (χ1n) is 5.26. The Morgan fingerprint density at radius 3 is 2.83 bits per heavy atom. The maximum atomic E-state index is 12.0. The summed E-state index contributed by atoms with van der Waals surface area (Å²) in [5.74, 6) is -0.278. The first-order chi connectivity index (χ1) is 8.59. The monoisotopic (exact) mass is 324 g/mol. The highest BCUT2D eigenvalue weighted by molar-refractivity contribution is 9.10. The fourth-order valence-electron chi connectivity index (χ4n) is 1.49. The van der Waals surface area contributed by atoms with Crippen molar-refractivity contribution in [1.29, 1.82) is 0 Å². The number of nitrogens with zero attached hydrogens (tertiary/aromatic N) is 1. The van der Waals surface area contributed by atoms with Crippen LogP contribution in [0.15, 0.2) is 41.0 Å². The van der Waals surface area contributed by atoms with Gasteiger partial charge in [-0.15, -0.1) is 0 Å². The van der Waals surface area contributed by atoms with Crippen molar-refractivity contribution in [3.63, 3.8) is 0 Å². The van der Waals surface area contributed by atoms with Gasteiger partial charge in [-0.25, -0.2) is 4.98 Å². The Balaban J connectivity index is 2.27. The molecule has 2 aromatic rings. The lowest BCUT2D eigenvalue weighted by atomic mass is 10.2. The van der Waals surface area contributed by atoms with E-state index in [2.05, 4.69) is 26.2 Å². The summed E-state index contributed by atoms with van der Waals surface area (Å²) >= 11 is 9.31. The largest absolute Gasteiger partial charge is 0.321 e. The third kappa shape index (κ3) is 2.71. The summed E-state index contributed by atoms with van der Waals surface area (Å²) in [5, 5.41) is 2.99. The van der Waals surface area contributed by atoms with Gasteiger partial charge in [-0.3, -0.25) is 4.79 Å². The number of aromatic nitrogens is 1. The number of carbonyl (C=O) groups excluding carboxylic acids is 1. The van der Waals surface area contributed by atoms with Crippen molar-refractivity contribution < 1.29 is 4.79 Å². The normalized spacial score (nSPS) is 10.2. The molecule has 0 atom stereocenters. The number of carbonyl (C=O) groups is 1. The van der Waals surface area contributed by atoms with Gasteiger partial charge in [-0.2, -0.15) is 0 Å². The van der Waals surface area contributed by atoms with Crippen molar-refractivity contribution in [3.8, 4) is 0 Å². The van der Waals surface area contributed by atoms with E-state index in [1.54, 1.807) is 18.3 Å². The van der Waals surface area contributed by atoms with E-state index in [9.17, 15) is 4.79 Å². The summed E-state index contributed by atoms with van der Waals surface area (Å²) in [4.78, 5) is 15.9. The zero-order chi connectivity index (χ0) is 13.1. The lowest BCUT2D eigenvalue weighted by Crippen LogP contribution is -2.13. The van der Waals surface area contributed by atoms with Gasteiger partial charge in [0.05, 0.1) is 11.3 Å². The second-order valence-electron chi connectivity index (χ2n) is 3.73. The number of aryl methyl sites for hydroxylation is 1. The summed E-state index contributed by atoms with van der Waals surface area (Å²) in [6.45, 7) is 1.96. The Labute approximate surface area is 118 Å². The van der Waals surface area contributed by atoms with Crippen LogP contribution in [0.5, 0.6) is 0 Å². The Kier molecular flexibility index (Phi) is 3.99. The number of hydrogen-bond acceptors (Lipinski definition) is 2. The van der Waals surface area contributed by atoms with Crippen LogP contribution in [0.2, 0.25) is 5.15 Å². The van der Waals surface area contributed by atoms with Gasteiger partial charge in [0.15, 0.2) is 0 Å². The smallest absolute Gasteiger partial charge is 0.258 e. The maximum Gasteiger partial charge on any atom is 0.258 e. The molecule has 0 aliphatic rings. The van der Waals surface area contributed by atoms with E-state index in [0.29, 0.717) is 11.3 Å². The molecule has 0 aliphatic carbocycles. The molecule has 0 saturated heterocycles. The van der Waals surface area contributed by atoms with Crippen LogP contribution in [0.25, 0.3) is 0 Å². The van der Waals surface area contributed by atoms with Crippen LogP contribution in [0.1, 0.15) is 15.9 Å². The number of pyridine rings is 1. The zero-order valence-electron chi connectivity index (χ0n) is 9.58. The molecule has 1 amide bonds. The minimum absolute atomic E-state index is 0.193. The molecule has 0 fully saturated rings. The Hall–Kier alpha value is -1.39. The molecule has 0 radical (unpaired) electrons. The van der Waals surface area contributed by atoms with E-state index in [0.717, 1.165) is 10.0 Å². The van der Waals surface area contributed by atoms with Crippen molar-refractivity contribution in [2.24, 2.45) is 0 Å². The van der Waals surface area contributed by atoms with Crippen molar-refractivity contribution in [2.75, 3.05) is 5.32 Å². The van der Waals surface area contributed by atoms with Gasteiger partial charge in [0.2, 0.25) is 0 Å². The van der Waals surface area contributed by atoms with Crippen LogP contribution in [-0.4, -0.2) is 10.9 Å². The lowest BCUT2D eigenvalue weighted by molar-refractivity contribution is 0.102. The van der Waals surface area contributed by atoms with Crippen molar-refractivity contribution >= 4 is 39.1 Å². The molecular formula is C13H10BrClN2O. The Morgan fingerprint density at radius 1 is 1.33 bits per heavy atom. The van der Waals surface area contributed by atoms with Gasteiger partial charge < -0.3 is 5.32 Å². The van der Waals surface area contributed by atoms with Gasteiger partial charge in [0, 0.05) is 10.7 Å². The number of hydrogen-bond donors (Lipinski definition) is 1. The third-order valence-electron chi connectivity index (χ3n) is 2.44. The molecule has 2 rings (SSSR count). The summed E-state index contributed by atoms with van der Waals surface area (Å²) in [6.07, 6.45) is 1.54. The molecule has 1 aromatic heterocycles. The molecule has 0 aliphatic heterocycles. The first kappa shape index (κ1) is 13.1. The molecule has 3 nitrogen and oxygen atoms in total. The highest BCUT2D eigenvalue weighted by Gasteiger charge is 2.12. The van der Waals surface area contributed by atoms with Gasteiger partial charge in [0.25, 0.3) is 5.91 Å². The number of benzene rings is 1. The van der Waals surface area contributed by atoms with Crippen LogP contribution >= 0.6 is 27.5 Å². The minimum atomic E-state index is -0.278. The van der Waals surface area contributed by atoms with Crippen LogP contribution in [0.4, 0.5) is 5.69 Å². The highest BCUT2D eigenvalue weighted by Crippen LogP contribution is 2.26. The Bertz CT molecular complexity index is 601. The van der Waals surface area contributed by atoms with E-state index in [4.69, 9.17) is 11.6 Å². The van der Waals surface area contributed by atoms with Crippen molar-refractivity contribution in [1.82, 2.24) is 4.98 Å². The second kappa shape index (κ2) is 5.50. The molecule has 0 saturated carbocycles. The van der Waals surface area contributed by atoms with E-state index in [1.165, 1.54) is 0 Å². The predicted octanol–water partition coefficient (Wildman–Crippen LogP) is 4.06. The van der Waals surface area contributed by atoms with Crippen LogP contribution in [-0.2, 0) is 0 Å². The third-order valence-corrected chi connectivity index (χ3v) is 3.80. The molecule has 5 heteroatoms. The summed E-state index contributed by atoms with van der Waals surface area (Å²) in [7, 11) is 0. The summed E-state index contributed by atoms with van der Waals surface area (Å²) in [5.41, 5.74) is 2.11. The molecule has 92 valence electrons. The quantitative estimate of drug-likeness (QED) is 0.846. The topological polar surface area (TPSA) is 42.0 Å². The SMILES string of the molecule is Cc1cccc(NC(=O)c2cccnc2Cl)c1Br. The summed E-state index contributed by atoms with van der Waals surface area (Å²) in [6, 6.07) is 8.96. The van der Waals surface area contributed by atoms with E-state index in [-0.39, 0.29) is 11.1 Å². The predicted molar refractivity (Wildman–Crippen MR) is 76.1 cm³/mol. The molecule has 0 bridgehead atoms. The fraction of sp³-hybridized carbons (Fsp3) is 0.0769. The van der Waals surface area contributed by atoms with E-state index in [1.807, 2.05) is 25.1 Å². The first-order valence-corrected chi connectivity index (χ1v) is 6.43. The number of anilines is 1. The molecule has 1 aromatic carbocycles. The van der Waals surface area contributed by atoms with Crippen LogP contribution in [0, 0.1) is 6.92 Å². The molecule has 18 heavy (non-hydrogen) atoms. The highest BCUT2D eigenvalue weighted by atomic mass is 79.9. The van der Waals surface area contributed by atoms with Gasteiger partial charge >= 0.3 is 0 Å². The number of nitrogens with one attached hydrogen (secondary N) is 1. The van der Waals surface area contributed by atoms with Crippen molar-refractivity contribution in [3.05, 3.63) is 57.3 Å². The average molecular weight is 326 g/mol. The fourth-order valence-corrected chi connectivity index (χ4v) is 2.06. The minimum Gasteiger partial charge on any atom is -0.321 e. The molecule has 0 spiro atoms. The second-order valence-corrected chi connectivity index (χ2v) is 4.88. The molecule has 1 heterocycles.